The van der Waals surface area contributed by atoms with E-state index in [1.165, 1.54) is 56.9 Å². The Kier molecular flexibility index (Phi) is 4.74. The Morgan fingerprint density at radius 2 is 2.05 bits per heavy atom. The Hall–Kier alpha value is -0.860. The van der Waals surface area contributed by atoms with E-state index >= 15 is 0 Å². The minimum Gasteiger partial charge on any atom is -0.378 e. The van der Waals surface area contributed by atoms with Crippen molar-refractivity contribution in [2.24, 2.45) is 0 Å². The SMILES string of the molecule is CNC(CCC1CCCO1)c1ccc2c(c1)CCCC2. The van der Waals surface area contributed by atoms with Crippen LogP contribution in [0.15, 0.2) is 18.2 Å². The summed E-state index contributed by atoms with van der Waals surface area (Å²) in [5.74, 6) is 0. The van der Waals surface area contributed by atoms with E-state index in [1.807, 2.05) is 0 Å². The highest BCUT2D eigenvalue weighted by Gasteiger charge is 2.19. The monoisotopic (exact) mass is 273 g/mol. The van der Waals surface area contributed by atoms with Crippen molar-refractivity contribution in [2.75, 3.05) is 13.7 Å². The Labute approximate surface area is 122 Å². The Bertz CT molecular complexity index is 437. The molecule has 0 aromatic heterocycles. The van der Waals surface area contributed by atoms with Gasteiger partial charge in [0.15, 0.2) is 0 Å². The zero-order valence-corrected chi connectivity index (χ0v) is 12.7. The second kappa shape index (κ2) is 6.73. The summed E-state index contributed by atoms with van der Waals surface area (Å²) in [6.45, 7) is 0.966. The molecule has 0 bridgehead atoms. The van der Waals surface area contributed by atoms with Crippen LogP contribution >= 0.6 is 0 Å². The lowest BCUT2D eigenvalue weighted by atomic mass is 9.88. The van der Waals surface area contributed by atoms with Crippen LogP contribution in [-0.4, -0.2) is 19.8 Å². The van der Waals surface area contributed by atoms with Crippen LogP contribution in [0.2, 0.25) is 0 Å². The Balaban J connectivity index is 1.65. The van der Waals surface area contributed by atoms with Gasteiger partial charge < -0.3 is 10.1 Å². The summed E-state index contributed by atoms with van der Waals surface area (Å²) < 4.78 is 5.75. The smallest absolute Gasteiger partial charge is 0.0576 e. The molecule has 1 heterocycles. The first-order chi connectivity index (χ1) is 9.86. The van der Waals surface area contributed by atoms with Gasteiger partial charge in [-0.15, -0.1) is 0 Å². The van der Waals surface area contributed by atoms with Crippen molar-refractivity contribution in [2.45, 2.75) is 63.5 Å². The van der Waals surface area contributed by atoms with Crippen LogP contribution in [0.25, 0.3) is 0 Å². The highest BCUT2D eigenvalue weighted by atomic mass is 16.5. The maximum atomic E-state index is 5.75. The zero-order valence-electron chi connectivity index (χ0n) is 12.7. The summed E-state index contributed by atoms with van der Waals surface area (Å²) in [5, 5.41) is 3.49. The topological polar surface area (TPSA) is 21.3 Å². The average Bonchev–Trinajstić information content (AvgIpc) is 3.01. The van der Waals surface area contributed by atoms with Gasteiger partial charge in [0.05, 0.1) is 6.10 Å². The molecule has 1 N–H and O–H groups in total. The molecule has 0 spiro atoms. The fourth-order valence-electron chi connectivity index (χ4n) is 3.67. The van der Waals surface area contributed by atoms with Crippen molar-refractivity contribution in [3.05, 3.63) is 34.9 Å². The molecule has 2 aliphatic rings. The predicted molar refractivity (Wildman–Crippen MR) is 83.1 cm³/mol. The molecule has 2 heteroatoms. The molecule has 1 aliphatic carbocycles. The summed E-state index contributed by atoms with van der Waals surface area (Å²) in [6.07, 6.45) is 10.6. The van der Waals surface area contributed by atoms with E-state index in [2.05, 4.69) is 30.6 Å². The van der Waals surface area contributed by atoms with E-state index in [0.717, 1.165) is 6.61 Å². The molecule has 1 saturated heterocycles. The molecule has 1 aromatic rings. The predicted octanol–water partition coefficient (Wildman–Crippen LogP) is 3.79. The van der Waals surface area contributed by atoms with Crippen molar-refractivity contribution < 1.29 is 4.74 Å². The molecule has 1 aromatic carbocycles. The first kappa shape index (κ1) is 14.1. The Morgan fingerprint density at radius 3 is 2.80 bits per heavy atom. The average molecular weight is 273 g/mol. The first-order valence-corrected chi connectivity index (χ1v) is 8.27. The maximum Gasteiger partial charge on any atom is 0.0576 e. The number of hydrogen-bond acceptors (Lipinski definition) is 2. The molecule has 1 fully saturated rings. The van der Waals surface area contributed by atoms with Gasteiger partial charge >= 0.3 is 0 Å². The van der Waals surface area contributed by atoms with Gasteiger partial charge in [-0.2, -0.15) is 0 Å². The molecule has 110 valence electrons. The largest absolute Gasteiger partial charge is 0.378 e. The Morgan fingerprint density at radius 1 is 1.20 bits per heavy atom. The van der Waals surface area contributed by atoms with E-state index in [9.17, 15) is 0 Å². The molecule has 0 radical (unpaired) electrons. The van der Waals surface area contributed by atoms with Crippen LogP contribution < -0.4 is 5.32 Å². The van der Waals surface area contributed by atoms with E-state index in [-0.39, 0.29) is 0 Å². The minimum atomic E-state index is 0.478. The molecule has 2 unspecified atom stereocenters. The standard InChI is InChI=1S/C18H27NO/c1-19-18(11-10-17-7-4-12-20-17)16-9-8-14-5-2-3-6-15(14)13-16/h8-9,13,17-19H,2-7,10-12H2,1H3. The van der Waals surface area contributed by atoms with Crippen LogP contribution in [0.1, 0.15) is 61.3 Å². The van der Waals surface area contributed by atoms with Gasteiger partial charge in [0.25, 0.3) is 0 Å². The zero-order chi connectivity index (χ0) is 13.8. The quantitative estimate of drug-likeness (QED) is 0.881. The van der Waals surface area contributed by atoms with Gasteiger partial charge in [-0.25, -0.2) is 0 Å². The number of aryl methyl sites for hydroxylation is 2. The van der Waals surface area contributed by atoms with Crippen molar-refractivity contribution in [1.82, 2.24) is 5.32 Å². The van der Waals surface area contributed by atoms with Crippen molar-refractivity contribution in [3.63, 3.8) is 0 Å². The molecule has 0 amide bonds. The number of benzene rings is 1. The normalized spacial score (nSPS) is 23.6. The van der Waals surface area contributed by atoms with Gasteiger partial charge in [-0.05, 0) is 75.1 Å². The van der Waals surface area contributed by atoms with Crippen molar-refractivity contribution >= 4 is 0 Å². The first-order valence-electron chi connectivity index (χ1n) is 8.27. The fraction of sp³-hybridized carbons (Fsp3) is 0.667. The number of nitrogens with one attached hydrogen (secondary N) is 1. The number of rotatable bonds is 5. The van der Waals surface area contributed by atoms with Gasteiger partial charge in [-0.1, -0.05) is 18.2 Å². The summed E-state index contributed by atoms with van der Waals surface area (Å²) >= 11 is 0. The van der Waals surface area contributed by atoms with Crippen LogP contribution in [0.3, 0.4) is 0 Å². The van der Waals surface area contributed by atoms with Crippen LogP contribution in [-0.2, 0) is 17.6 Å². The number of fused-ring (bicyclic) bond motifs is 1. The van der Waals surface area contributed by atoms with E-state index < -0.39 is 0 Å². The maximum absolute atomic E-state index is 5.75. The third kappa shape index (κ3) is 3.24. The summed E-state index contributed by atoms with van der Waals surface area (Å²) in [7, 11) is 2.08. The second-order valence-electron chi connectivity index (χ2n) is 6.29. The minimum absolute atomic E-state index is 0.478. The molecule has 2 atom stereocenters. The third-order valence-corrected chi connectivity index (χ3v) is 4.92. The molecule has 2 nitrogen and oxygen atoms in total. The molecular formula is C18H27NO. The van der Waals surface area contributed by atoms with E-state index in [1.54, 1.807) is 11.1 Å². The lowest BCUT2D eigenvalue weighted by Crippen LogP contribution is -2.19. The highest BCUT2D eigenvalue weighted by Crippen LogP contribution is 2.28. The molecular weight excluding hydrogens is 246 g/mol. The number of hydrogen-bond donors (Lipinski definition) is 1. The van der Waals surface area contributed by atoms with Crippen LogP contribution in [0, 0.1) is 0 Å². The lowest BCUT2D eigenvalue weighted by molar-refractivity contribution is 0.0998. The van der Waals surface area contributed by atoms with Crippen LogP contribution in [0.4, 0.5) is 0 Å². The highest BCUT2D eigenvalue weighted by molar-refractivity contribution is 5.35. The van der Waals surface area contributed by atoms with Crippen LogP contribution in [0.5, 0.6) is 0 Å². The van der Waals surface area contributed by atoms with Gasteiger partial charge in [0, 0.05) is 12.6 Å². The van der Waals surface area contributed by atoms with Crippen molar-refractivity contribution in [1.29, 1.82) is 0 Å². The number of ether oxygens (including phenoxy) is 1. The van der Waals surface area contributed by atoms with Gasteiger partial charge in [0.2, 0.25) is 0 Å². The fourth-order valence-corrected chi connectivity index (χ4v) is 3.67. The van der Waals surface area contributed by atoms with Crippen molar-refractivity contribution in [3.8, 4) is 0 Å². The molecule has 20 heavy (non-hydrogen) atoms. The molecule has 1 aliphatic heterocycles. The van der Waals surface area contributed by atoms with Gasteiger partial charge in [-0.3, -0.25) is 0 Å². The molecule has 3 rings (SSSR count). The third-order valence-electron chi connectivity index (χ3n) is 4.92. The second-order valence-corrected chi connectivity index (χ2v) is 6.29. The summed E-state index contributed by atoms with van der Waals surface area (Å²) in [4.78, 5) is 0. The van der Waals surface area contributed by atoms with Gasteiger partial charge in [0.1, 0.15) is 0 Å². The van der Waals surface area contributed by atoms with E-state index in [4.69, 9.17) is 4.74 Å². The molecule has 0 saturated carbocycles. The summed E-state index contributed by atoms with van der Waals surface area (Å²) in [6, 6.07) is 7.62. The summed E-state index contributed by atoms with van der Waals surface area (Å²) in [5.41, 5.74) is 4.63. The van der Waals surface area contributed by atoms with E-state index in [0.29, 0.717) is 12.1 Å². The lowest BCUT2D eigenvalue weighted by Gasteiger charge is -2.22.